The highest BCUT2D eigenvalue weighted by Crippen LogP contribution is 2.41. The Hall–Kier alpha value is -3.05. The average molecular weight is 523 g/mol. The van der Waals surface area contributed by atoms with E-state index in [0.717, 1.165) is 0 Å². The standard InChI is InChI=1S/C23H28ClFN6O3S/c1-12(28-22(32)33-5)11-27-21-26-8-7-15(29-21)19-18(30-20(34-19)23(2,3)4)14-9-13(25)10-16(17(14)24)31-35-6/h7-10,12,31H,11H2,1-6H3,(H,28,32)(H,26,27,29)/t12-/m0/s1. The van der Waals surface area contributed by atoms with Crippen LogP contribution in [-0.4, -0.2) is 47.0 Å². The van der Waals surface area contributed by atoms with Crippen molar-refractivity contribution in [2.75, 3.05) is 29.9 Å². The lowest BCUT2D eigenvalue weighted by Gasteiger charge is -2.14. The molecule has 3 rings (SSSR count). The second-order valence-corrected chi connectivity index (χ2v) is 9.74. The summed E-state index contributed by atoms with van der Waals surface area (Å²) in [5, 5.41) is 6.04. The van der Waals surface area contributed by atoms with E-state index in [1.165, 1.54) is 31.2 Å². The number of halogens is 2. The van der Waals surface area contributed by atoms with Crippen molar-refractivity contribution in [2.45, 2.75) is 39.2 Å². The van der Waals surface area contributed by atoms with Gasteiger partial charge >= 0.3 is 6.09 Å². The van der Waals surface area contributed by atoms with Gasteiger partial charge in [0.15, 0.2) is 5.76 Å². The van der Waals surface area contributed by atoms with Gasteiger partial charge in [-0.1, -0.05) is 44.3 Å². The summed E-state index contributed by atoms with van der Waals surface area (Å²) in [5.74, 6) is 0.634. The van der Waals surface area contributed by atoms with E-state index in [0.29, 0.717) is 51.8 Å². The molecule has 1 atom stereocenters. The molecule has 0 aliphatic carbocycles. The van der Waals surface area contributed by atoms with Gasteiger partial charge in [-0.15, -0.1) is 0 Å². The van der Waals surface area contributed by atoms with Crippen molar-refractivity contribution in [3.05, 3.63) is 41.1 Å². The number of methoxy groups -OCH3 is 1. The van der Waals surface area contributed by atoms with Gasteiger partial charge in [0.05, 0.1) is 17.8 Å². The van der Waals surface area contributed by atoms with Crippen molar-refractivity contribution in [1.29, 1.82) is 0 Å². The van der Waals surface area contributed by atoms with Crippen LogP contribution in [0.3, 0.4) is 0 Å². The van der Waals surface area contributed by atoms with E-state index in [2.05, 4.69) is 35.0 Å². The molecule has 0 fully saturated rings. The topological polar surface area (TPSA) is 114 Å². The van der Waals surface area contributed by atoms with Crippen LogP contribution >= 0.6 is 23.5 Å². The zero-order valence-corrected chi connectivity index (χ0v) is 21.9. The number of amides is 1. The Morgan fingerprint density at radius 1 is 1.31 bits per heavy atom. The third kappa shape index (κ3) is 6.55. The predicted molar refractivity (Wildman–Crippen MR) is 137 cm³/mol. The minimum atomic E-state index is -0.530. The Bertz CT molecular complexity index is 1200. The number of anilines is 2. The van der Waals surface area contributed by atoms with E-state index in [4.69, 9.17) is 16.0 Å². The SMILES string of the molecule is COC(=O)N[C@@H](C)CNc1nccc(-c2oc(C(C)(C)C)nc2-c2cc(F)cc(NSC)c2Cl)n1. The summed E-state index contributed by atoms with van der Waals surface area (Å²) in [7, 11) is 1.30. The van der Waals surface area contributed by atoms with Gasteiger partial charge in [-0.2, -0.15) is 0 Å². The minimum absolute atomic E-state index is 0.239. The van der Waals surface area contributed by atoms with Gasteiger partial charge < -0.3 is 24.5 Å². The molecule has 3 N–H and O–H groups in total. The number of carbonyl (C=O) groups excluding carboxylic acids is 1. The van der Waals surface area contributed by atoms with Crippen molar-refractivity contribution in [1.82, 2.24) is 20.3 Å². The molecule has 0 bridgehead atoms. The fraction of sp³-hybridized carbons (Fsp3) is 0.391. The number of nitrogens with zero attached hydrogens (tertiary/aromatic N) is 3. The Morgan fingerprint density at radius 3 is 2.71 bits per heavy atom. The van der Waals surface area contributed by atoms with Crippen LogP contribution in [0.5, 0.6) is 0 Å². The first kappa shape index (κ1) is 26.6. The molecule has 2 aromatic heterocycles. The number of oxazole rings is 1. The Kier molecular flexibility index (Phi) is 8.44. The molecular formula is C23H28ClFN6O3S. The van der Waals surface area contributed by atoms with Crippen LogP contribution in [0.15, 0.2) is 28.8 Å². The third-order valence-electron chi connectivity index (χ3n) is 4.78. The van der Waals surface area contributed by atoms with Gasteiger partial charge in [-0.25, -0.2) is 24.1 Å². The molecular weight excluding hydrogens is 495 g/mol. The number of aromatic nitrogens is 3. The summed E-state index contributed by atoms with van der Waals surface area (Å²) >= 11 is 7.93. The number of benzene rings is 1. The molecule has 1 aromatic carbocycles. The summed E-state index contributed by atoms with van der Waals surface area (Å²) in [6.07, 6.45) is 2.86. The van der Waals surface area contributed by atoms with Crippen LogP contribution in [0.4, 0.5) is 20.8 Å². The Balaban J connectivity index is 2.03. The molecule has 35 heavy (non-hydrogen) atoms. The van der Waals surface area contributed by atoms with E-state index in [9.17, 15) is 9.18 Å². The van der Waals surface area contributed by atoms with Gasteiger partial charge in [-0.3, -0.25) is 0 Å². The third-order valence-corrected chi connectivity index (χ3v) is 5.61. The maximum atomic E-state index is 14.5. The van der Waals surface area contributed by atoms with E-state index in [-0.39, 0.29) is 6.04 Å². The molecule has 3 aromatic rings. The number of nitrogens with one attached hydrogen (secondary N) is 3. The van der Waals surface area contributed by atoms with E-state index in [1.54, 1.807) is 12.3 Å². The normalized spacial score (nSPS) is 12.2. The number of hydrogen-bond donors (Lipinski definition) is 3. The average Bonchev–Trinajstić information content (AvgIpc) is 3.26. The molecule has 0 aliphatic heterocycles. The van der Waals surface area contributed by atoms with Gasteiger partial charge in [0, 0.05) is 36.0 Å². The molecule has 1 amide bonds. The van der Waals surface area contributed by atoms with Crippen molar-refractivity contribution in [2.24, 2.45) is 0 Å². The maximum Gasteiger partial charge on any atom is 0.407 e. The van der Waals surface area contributed by atoms with Gasteiger partial charge in [0.1, 0.15) is 17.2 Å². The first-order valence-corrected chi connectivity index (χ1v) is 12.3. The van der Waals surface area contributed by atoms with Crippen molar-refractivity contribution < 1.29 is 18.3 Å². The van der Waals surface area contributed by atoms with E-state index >= 15 is 0 Å². The molecule has 0 saturated heterocycles. The number of hydrogen-bond acceptors (Lipinski definition) is 9. The highest BCUT2D eigenvalue weighted by atomic mass is 35.5. The molecule has 0 radical (unpaired) electrons. The Labute approximate surface area is 212 Å². The monoisotopic (exact) mass is 522 g/mol. The smallest absolute Gasteiger partial charge is 0.407 e. The van der Waals surface area contributed by atoms with Crippen LogP contribution in [0.2, 0.25) is 5.02 Å². The van der Waals surface area contributed by atoms with Crippen LogP contribution < -0.4 is 15.4 Å². The quantitative estimate of drug-likeness (QED) is 0.319. The largest absolute Gasteiger partial charge is 0.453 e. The number of carbonyl (C=O) groups is 1. The number of rotatable bonds is 8. The highest BCUT2D eigenvalue weighted by Gasteiger charge is 2.28. The molecule has 188 valence electrons. The van der Waals surface area contributed by atoms with Crippen molar-refractivity contribution >= 4 is 41.3 Å². The van der Waals surface area contributed by atoms with Gasteiger partial charge in [-0.05, 0) is 25.1 Å². The summed E-state index contributed by atoms with van der Waals surface area (Å²) in [4.78, 5) is 24.9. The summed E-state index contributed by atoms with van der Waals surface area (Å²) < 4.78 is 28.3. The van der Waals surface area contributed by atoms with E-state index in [1.807, 2.05) is 34.0 Å². The van der Waals surface area contributed by atoms with Crippen LogP contribution in [0.25, 0.3) is 22.7 Å². The summed E-state index contributed by atoms with van der Waals surface area (Å²) in [6.45, 7) is 8.05. The molecule has 0 aliphatic rings. The molecule has 12 heteroatoms. The van der Waals surface area contributed by atoms with Crippen molar-refractivity contribution in [3.8, 4) is 22.7 Å². The number of alkyl carbamates (subject to hydrolysis) is 1. The lowest BCUT2D eigenvalue weighted by Crippen LogP contribution is -2.37. The first-order chi connectivity index (χ1) is 16.5. The first-order valence-electron chi connectivity index (χ1n) is 10.7. The maximum absolute atomic E-state index is 14.5. The zero-order valence-electron chi connectivity index (χ0n) is 20.3. The molecule has 0 unspecified atom stereocenters. The second-order valence-electron chi connectivity index (χ2n) is 8.75. The zero-order chi connectivity index (χ0) is 25.8. The Morgan fingerprint density at radius 2 is 2.06 bits per heavy atom. The fourth-order valence-electron chi connectivity index (χ4n) is 3.07. The van der Waals surface area contributed by atoms with Crippen molar-refractivity contribution in [3.63, 3.8) is 0 Å². The van der Waals surface area contributed by atoms with Crippen LogP contribution in [0.1, 0.15) is 33.6 Å². The minimum Gasteiger partial charge on any atom is -0.453 e. The summed E-state index contributed by atoms with van der Waals surface area (Å²) in [5.41, 5.74) is 1.19. The lowest BCUT2D eigenvalue weighted by molar-refractivity contribution is 0.168. The molecule has 0 saturated carbocycles. The molecule has 9 nitrogen and oxygen atoms in total. The summed E-state index contributed by atoms with van der Waals surface area (Å²) in [6, 6.07) is 4.08. The molecule has 2 heterocycles. The number of ether oxygens (including phenoxy) is 1. The lowest BCUT2D eigenvalue weighted by atomic mass is 9.97. The van der Waals surface area contributed by atoms with Gasteiger partial charge in [0.25, 0.3) is 0 Å². The van der Waals surface area contributed by atoms with Crippen LogP contribution in [-0.2, 0) is 10.2 Å². The highest BCUT2D eigenvalue weighted by molar-refractivity contribution is 7.99. The second kappa shape index (κ2) is 11.1. The van der Waals surface area contributed by atoms with Crippen LogP contribution in [0, 0.1) is 5.82 Å². The predicted octanol–water partition coefficient (Wildman–Crippen LogP) is 5.73. The molecule has 0 spiro atoms. The van der Waals surface area contributed by atoms with Gasteiger partial charge in [0.2, 0.25) is 11.8 Å². The fourth-order valence-corrected chi connectivity index (χ4v) is 3.75. The van der Waals surface area contributed by atoms with E-state index < -0.39 is 17.3 Å².